The first-order valence-corrected chi connectivity index (χ1v) is 6.56. The van der Waals surface area contributed by atoms with Crippen LogP contribution in [0, 0.1) is 0 Å². The summed E-state index contributed by atoms with van der Waals surface area (Å²) in [4.78, 5) is 12.3. The van der Waals surface area contributed by atoms with Crippen LogP contribution >= 0.6 is 11.6 Å². The maximum Gasteiger partial charge on any atom is 0.330 e. The van der Waals surface area contributed by atoms with Crippen molar-refractivity contribution >= 4 is 17.5 Å². The van der Waals surface area contributed by atoms with E-state index in [9.17, 15) is 0 Å². The number of methoxy groups -OCH3 is 1. The van der Waals surface area contributed by atoms with Crippen molar-refractivity contribution < 1.29 is 9.47 Å². The SMILES string of the molecule is CCCNc1nc(OC)nc(Oc2ccc(Cl)cc2)n1. The molecule has 1 N–H and O–H groups in total. The molecular formula is C13H15ClN4O2. The van der Waals surface area contributed by atoms with Crippen molar-refractivity contribution in [2.45, 2.75) is 13.3 Å². The third-order valence-electron chi connectivity index (χ3n) is 2.33. The Kier molecular flexibility index (Phi) is 4.95. The van der Waals surface area contributed by atoms with Crippen LogP contribution in [-0.4, -0.2) is 28.6 Å². The van der Waals surface area contributed by atoms with Crippen molar-refractivity contribution in [2.24, 2.45) is 0 Å². The average molecular weight is 295 g/mol. The standard InChI is InChI=1S/C13H15ClN4O2/c1-3-8-15-11-16-12(19-2)18-13(17-11)20-10-6-4-9(14)5-7-10/h4-7H,3,8H2,1-2H3,(H,15,16,17,18). The van der Waals surface area contributed by atoms with Crippen LogP contribution < -0.4 is 14.8 Å². The Morgan fingerprint density at radius 1 is 1.10 bits per heavy atom. The molecule has 0 fully saturated rings. The summed E-state index contributed by atoms with van der Waals surface area (Å²) in [6, 6.07) is 7.28. The monoisotopic (exact) mass is 294 g/mol. The van der Waals surface area contributed by atoms with Crippen molar-refractivity contribution in [3.8, 4) is 17.8 Å². The van der Waals surface area contributed by atoms with Crippen molar-refractivity contribution in [3.05, 3.63) is 29.3 Å². The van der Waals surface area contributed by atoms with Crippen molar-refractivity contribution in [2.75, 3.05) is 19.0 Å². The van der Waals surface area contributed by atoms with E-state index in [1.807, 2.05) is 0 Å². The second-order valence-corrected chi connectivity index (χ2v) is 4.35. The molecule has 0 atom stereocenters. The Balaban J connectivity index is 2.19. The van der Waals surface area contributed by atoms with Crippen LogP contribution in [0.3, 0.4) is 0 Å². The summed E-state index contributed by atoms with van der Waals surface area (Å²) in [6.07, 6.45) is 0.960. The number of nitrogens with zero attached hydrogens (tertiary/aromatic N) is 3. The Morgan fingerprint density at radius 3 is 2.45 bits per heavy atom. The van der Waals surface area contributed by atoms with Gasteiger partial charge in [0.2, 0.25) is 5.95 Å². The van der Waals surface area contributed by atoms with Gasteiger partial charge in [-0.05, 0) is 30.7 Å². The number of anilines is 1. The van der Waals surface area contributed by atoms with Gasteiger partial charge in [0.15, 0.2) is 0 Å². The molecule has 7 heteroatoms. The van der Waals surface area contributed by atoms with Gasteiger partial charge in [0.25, 0.3) is 0 Å². The quantitative estimate of drug-likeness (QED) is 0.882. The number of halogens is 1. The minimum Gasteiger partial charge on any atom is -0.467 e. The Hall–Kier alpha value is -2.08. The predicted molar refractivity (Wildman–Crippen MR) is 76.7 cm³/mol. The molecule has 0 bridgehead atoms. The van der Waals surface area contributed by atoms with E-state index in [1.54, 1.807) is 24.3 Å². The van der Waals surface area contributed by atoms with E-state index in [0.29, 0.717) is 16.7 Å². The van der Waals surface area contributed by atoms with Crippen LogP contribution in [0.15, 0.2) is 24.3 Å². The number of rotatable bonds is 6. The first-order valence-electron chi connectivity index (χ1n) is 6.18. The van der Waals surface area contributed by atoms with Gasteiger partial charge < -0.3 is 14.8 Å². The number of aromatic nitrogens is 3. The summed E-state index contributed by atoms with van der Waals surface area (Å²) in [5.74, 6) is 1.01. The van der Waals surface area contributed by atoms with Gasteiger partial charge in [0.05, 0.1) is 7.11 Å². The first kappa shape index (κ1) is 14.3. The summed E-state index contributed by atoms with van der Waals surface area (Å²) in [7, 11) is 1.49. The number of ether oxygens (including phenoxy) is 2. The third-order valence-corrected chi connectivity index (χ3v) is 2.58. The molecule has 0 spiro atoms. The van der Waals surface area contributed by atoms with Crippen molar-refractivity contribution in [3.63, 3.8) is 0 Å². The fourth-order valence-corrected chi connectivity index (χ4v) is 1.52. The summed E-state index contributed by atoms with van der Waals surface area (Å²) < 4.78 is 10.6. The van der Waals surface area contributed by atoms with Crippen LogP contribution in [0.25, 0.3) is 0 Å². The molecule has 0 radical (unpaired) electrons. The molecule has 6 nitrogen and oxygen atoms in total. The highest BCUT2D eigenvalue weighted by molar-refractivity contribution is 6.30. The van der Waals surface area contributed by atoms with Gasteiger partial charge in [0.1, 0.15) is 5.75 Å². The normalized spacial score (nSPS) is 10.2. The lowest BCUT2D eigenvalue weighted by Gasteiger charge is -2.08. The van der Waals surface area contributed by atoms with E-state index in [2.05, 4.69) is 27.2 Å². The number of hydrogen-bond donors (Lipinski definition) is 1. The first-order chi connectivity index (χ1) is 9.71. The zero-order valence-electron chi connectivity index (χ0n) is 11.3. The van der Waals surface area contributed by atoms with Gasteiger partial charge in [-0.15, -0.1) is 4.98 Å². The zero-order chi connectivity index (χ0) is 14.4. The van der Waals surface area contributed by atoms with Gasteiger partial charge in [-0.3, -0.25) is 0 Å². The number of nitrogens with one attached hydrogen (secondary N) is 1. The highest BCUT2D eigenvalue weighted by Crippen LogP contribution is 2.22. The topological polar surface area (TPSA) is 69.2 Å². The van der Waals surface area contributed by atoms with E-state index in [1.165, 1.54) is 7.11 Å². The van der Waals surface area contributed by atoms with Crippen molar-refractivity contribution in [1.82, 2.24) is 15.0 Å². The molecule has 1 heterocycles. The van der Waals surface area contributed by atoms with Gasteiger partial charge >= 0.3 is 12.0 Å². The molecule has 0 saturated carbocycles. The van der Waals surface area contributed by atoms with Crippen LogP contribution in [0.1, 0.15) is 13.3 Å². The molecular weight excluding hydrogens is 280 g/mol. The Labute approximate surface area is 122 Å². The highest BCUT2D eigenvalue weighted by Gasteiger charge is 2.08. The lowest BCUT2D eigenvalue weighted by atomic mass is 10.3. The highest BCUT2D eigenvalue weighted by atomic mass is 35.5. The second-order valence-electron chi connectivity index (χ2n) is 3.91. The Bertz CT molecular complexity index is 563. The fraction of sp³-hybridized carbons (Fsp3) is 0.308. The minimum atomic E-state index is 0.165. The van der Waals surface area contributed by atoms with E-state index in [-0.39, 0.29) is 12.0 Å². The summed E-state index contributed by atoms with van der Waals surface area (Å²) in [5.41, 5.74) is 0. The molecule has 0 amide bonds. The zero-order valence-corrected chi connectivity index (χ0v) is 12.0. The summed E-state index contributed by atoms with van der Waals surface area (Å²) in [6.45, 7) is 2.81. The second kappa shape index (κ2) is 6.91. The van der Waals surface area contributed by atoms with Crippen molar-refractivity contribution in [1.29, 1.82) is 0 Å². The van der Waals surface area contributed by atoms with Crippen LogP contribution in [0.4, 0.5) is 5.95 Å². The summed E-state index contributed by atoms with van der Waals surface area (Å²) in [5, 5.41) is 3.70. The molecule has 2 rings (SSSR count). The molecule has 1 aromatic heterocycles. The lowest BCUT2D eigenvalue weighted by molar-refractivity contribution is 0.360. The van der Waals surface area contributed by atoms with Crippen LogP contribution in [0.2, 0.25) is 5.02 Å². The predicted octanol–water partition coefficient (Wildman–Crippen LogP) is 3.15. The molecule has 0 aliphatic heterocycles. The molecule has 106 valence electrons. The van der Waals surface area contributed by atoms with E-state index in [4.69, 9.17) is 21.1 Å². The summed E-state index contributed by atoms with van der Waals surface area (Å²) >= 11 is 5.82. The largest absolute Gasteiger partial charge is 0.467 e. The maximum atomic E-state index is 5.82. The third kappa shape index (κ3) is 3.96. The fourth-order valence-electron chi connectivity index (χ4n) is 1.40. The van der Waals surface area contributed by atoms with Crippen LogP contribution in [-0.2, 0) is 0 Å². The molecule has 0 aliphatic rings. The molecule has 2 aromatic rings. The maximum absolute atomic E-state index is 5.82. The molecule has 0 saturated heterocycles. The van der Waals surface area contributed by atoms with Gasteiger partial charge in [0, 0.05) is 11.6 Å². The van der Waals surface area contributed by atoms with Gasteiger partial charge in [-0.2, -0.15) is 9.97 Å². The number of hydrogen-bond acceptors (Lipinski definition) is 6. The average Bonchev–Trinajstić information content (AvgIpc) is 2.47. The van der Waals surface area contributed by atoms with Gasteiger partial charge in [-0.1, -0.05) is 18.5 Å². The molecule has 0 aliphatic carbocycles. The Morgan fingerprint density at radius 2 is 1.80 bits per heavy atom. The van der Waals surface area contributed by atoms with E-state index < -0.39 is 0 Å². The van der Waals surface area contributed by atoms with E-state index >= 15 is 0 Å². The number of benzene rings is 1. The van der Waals surface area contributed by atoms with Gasteiger partial charge in [-0.25, -0.2) is 0 Å². The molecule has 0 unspecified atom stereocenters. The lowest BCUT2D eigenvalue weighted by Crippen LogP contribution is -2.07. The molecule has 20 heavy (non-hydrogen) atoms. The van der Waals surface area contributed by atoms with Crippen LogP contribution in [0.5, 0.6) is 17.8 Å². The smallest absolute Gasteiger partial charge is 0.330 e. The van der Waals surface area contributed by atoms with E-state index in [0.717, 1.165) is 13.0 Å². The molecule has 1 aromatic carbocycles. The minimum absolute atomic E-state index is 0.165.